The third-order valence-corrected chi connectivity index (χ3v) is 3.97. The van der Waals surface area contributed by atoms with Crippen LogP contribution in [0.5, 0.6) is 5.75 Å². The molecular formula is C15H21NO3. The second-order valence-electron chi connectivity index (χ2n) is 5.51. The molecule has 1 aliphatic heterocycles. The van der Waals surface area contributed by atoms with Gasteiger partial charge < -0.3 is 10.2 Å². The van der Waals surface area contributed by atoms with Gasteiger partial charge in [0, 0.05) is 18.2 Å². The lowest BCUT2D eigenvalue weighted by Crippen LogP contribution is -2.42. The van der Waals surface area contributed by atoms with Crippen molar-refractivity contribution in [1.29, 1.82) is 0 Å². The molecule has 1 aliphatic rings. The van der Waals surface area contributed by atoms with E-state index in [0.29, 0.717) is 25.1 Å². The molecule has 1 heterocycles. The van der Waals surface area contributed by atoms with E-state index in [2.05, 4.69) is 11.8 Å². The van der Waals surface area contributed by atoms with Gasteiger partial charge in [0.05, 0.1) is 5.92 Å². The fourth-order valence-electron chi connectivity index (χ4n) is 2.74. The molecule has 0 saturated carbocycles. The number of carbonyl (C=O) groups is 1. The number of phenols is 1. The molecule has 0 radical (unpaired) electrons. The minimum atomic E-state index is -0.690. The number of aliphatic carboxylic acids is 1. The first-order valence-corrected chi connectivity index (χ1v) is 6.72. The highest BCUT2D eigenvalue weighted by atomic mass is 16.4. The van der Waals surface area contributed by atoms with Gasteiger partial charge in [-0.25, -0.2) is 0 Å². The standard InChI is InChI=1S/C15H21NO3/c1-10-3-4-14(17)13(7-10)9-16-6-5-12(15(18)19)8-11(16)2/h3-4,7,11-12,17H,5-6,8-9H2,1-2H3,(H,18,19). The number of hydrogen-bond acceptors (Lipinski definition) is 3. The van der Waals surface area contributed by atoms with E-state index >= 15 is 0 Å². The van der Waals surface area contributed by atoms with E-state index < -0.39 is 5.97 Å². The van der Waals surface area contributed by atoms with Crippen LogP contribution in [0.2, 0.25) is 0 Å². The number of aryl methyl sites for hydroxylation is 1. The minimum Gasteiger partial charge on any atom is -0.508 e. The van der Waals surface area contributed by atoms with E-state index in [4.69, 9.17) is 5.11 Å². The molecule has 2 atom stereocenters. The third-order valence-electron chi connectivity index (χ3n) is 3.97. The summed E-state index contributed by atoms with van der Waals surface area (Å²) >= 11 is 0. The van der Waals surface area contributed by atoms with Gasteiger partial charge in [-0.2, -0.15) is 0 Å². The number of aromatic hydroxyl groups is 1. The molecule has 2 rings (SSSR count). The van der Waals surface area contributed by atoms with Gasteiger partial charge in [0.15, 0.2) is 0 Å². The maximum Gasteiger partial charge on any atom is 0.306 e. The number of benzene rings is 1. The van der Waals surface area contributed by atoms with E-state index in [1.165, 1.54) is 0 Å². The first-order valence-electron chi connectivity index (χ1n) is 6.72. The summed E-state index contributed by atoms with van der Waals surface area (Å²) in [5.74, 6) is -0.597. The van der Waals surface area contributed by atoms with Gasteiger partial charge >= 0.3 is 5.97 Å². The van der Waals surface area contributed by atoms with Gasteiger partial charge in [0.25, 0.3) is 0 Å². The zero-order valence-electron chi connectivity index (χ0n) is 11.5. The smallest absolute Gasteiger partial charge is 0.306 e. The van der Waals surface area contributed by atoms with Gasteiger partial charge in [-0.3, -0.25) is 9.69 Å². The Hall–Kier alpha value is -1.55. The van der Waals surface area contributed by atoms with Gasteiger partial charge in [-0.05, 0) is 39.3 Å². The second-order valence-corrected chi connectivity index (χ2v) is 5.51. The second kappa shape index (κ2) is 5.61. The van der Waals surface area contributed by atoms with Crippen LogP contribution in [0.15, 0.2) is 18.2 Å². The van der Waals surface area contributed by atoms with Crippen LogP contribution in [-0.2, 0) is 11.3 Å². The van der Waals surface area contributed by atoms with E-state index in [1.54, 1.807) is 6.07 Å². The largest absolute Gasteiger partial charge is 0.508 e. The molecule has 2 unspecified atom stereocenters. The average molecular weight is 263 g/mol. The first kappa shape index (κ1) is 13.9. The van der Waals surface area contributed by atoms with Gasteiger partial charge in [-0.15, -0.1) is 0 Å². The van der Waals surface area contributed by atoms with E-state index in [1.807, 2.05) is 19.1 Å². The Morgan fingerprint density at radius 3 is 2.84 bits per heavy atom. The number of nitrogens with zero attached hydrogens (tertiary/aromatic N) is 1. The molecule has 4 heteroatoms. The van der Waals surface area contributed by atoms with Crippen LogP contribution < -0.4 is 0 Å². The predicted molar refractivity (Wildman–Crippen MR) is 73.1 cm³/mol. The van der Waals surface area contributed by atoms with E-state index in [0.717, 1.165) is 17.7 Å². The zero-order valence-corrected chi connectivity index (χ0v) is 11.5. The molecule has 1 fully saturated rings. The summed E-state index contributed by atoms with van der Waals surface area (Å²) in [6.07, 6.45) is 1.37. The molecule has 1 saturated heterocycles. The summed E-state index contributed by atoms with van der Waals surface area (Å²) in [5, 5.41) is 18.9. The summed E-state index contributed by atoms with van der Waals surface area (Å²) in [7, 11) is 0. The monoisotopic (exact) mass is 263 g/mol. The Labute approximate surface area is 113 Å². The quantitative estimate of drug-likeness (QED) is 0.879. The highest BCUT2D eigenvalue weighted by Crippen LogP contribution is 2.27. The van der Waals surface area contributed by atoms with E-state index in [-0.39, 0.29) is 12.0 Å². The normalized spacial score (nSPS) is 24.3. The molecule has 4 nitrogen and oxygen atoms in total. The number of hydrogen-bond donors (Lipinski definition) is 2. The highest BCUT2D eigenvalue weighted by Gasteiger charge is 2.29. The topological polar surface area (TPSA) is 60.8 Å². The Bertz CT molecular complexity index is 472. The molecule has 2 N–H and O–H groups in total. The van der Waals surface area contributed by atoms with Gasteiger partial charge in [0.2, 0.25) is 0 Å². The summed E-state index contributed by atoms with van der Waals surface area (Å²) in [5.41, 5.74) is 2.04. The van der Waals surface area contributed by atoms with Crippen molar-refractivity contribution in [2.75, 3.05) is 6.54 Å². The van der Waals surface area contributed by atoms with Crippen LogP contribution in [0.1, 0.15) is 30.9 Å². The lowest BCUT2D eigenvalue weighted by molar-refractivity contribution is -0.144. The van der Waals surface area contributed by atoms with Crippen LogP contribution in [-0.4, -0.2) is 33.7 Å². The number of rotatable bonds is 3. The molecular weight excluding hydrogens is 242 g/mol. The van der Waals surface area contributed by atoms with Crippen molar-refractivity contribution in [3.05, 3.63) is 29.3 Å². The number of likely N-dealkylation sites (tertiary alicyclic amines) is 1. The van der Waals surface area contributed by atoms with Crippen molar-refractivity contribution < 1.29 is 15.0 Å². The van der Waals surface area contributed by atoms with Crippen molar-refractivity contribution in [2.45, 2.75) is 39.3 Å². The number of piperidine rings is 1. The minimum absolute atomic E-state index is 0.225. The van der Waals surface area contributed by atoms with Crippen molar-refractivity contribution in [1.82, 2.24) is 4.90 Å². The van der Waals surface area contributed by atoms with Gasteiger partial charge in [-0.1, -0.05) is 17.7 Å². The van der Waals surface area contributed by atoms with Crippen molar-refractivity contribution >= 4 is 5.97 Å². The molecule has 0 spiro atoms. The fourth-order valence-corrected chi connectivity index (χ4v) is 2.74. The average Bonchev–Trinajstić information content (AvgIpc) is 2.36. The van der Waals surface area contributed by atoms with Crippen molar-refractivity contribution in [3.8, 4) is 5.75 Å². The molecule has 1 aromatic carbocycles. The maximum atomic E-state index is 11.0. The van der Waals surface area contributed by atoms with Crippen LogP contribution in [0.3, 0.4) is 0 Å². The number of phenolic OH excluding ortho intramolecular Hbond substituents is 1. The molecule has 0 bridgehead atoms. The Morgan fingerprint density at radius 1 is 1.47 bits per heavy atom. The van der Waals surface area contributed by atoms with Crippen LogP contribution >= 0.6 is 0 Å². The maximum absolute atomic E-state index is 11.0. The van der Waals surface area contributed by atoms with Gasteiger partial charge in [0.1, 0.15) is 5.75 Å². The summed E-state index contributed by atoms with van der Waals surface area (Å²) in [6, 6.07) is 5.83. The zero-order chi connectivity index (χ0) is 14.0. The van der Waals surface area contributed by atoms with E-state index in [9.17, 15) is 9.90 Å². The summed E-state index contributed by atoms with van der Waals surface area (Å²) in [6.45, 7) is 5.51. The Balaban J connectivity index is 2.04. The van der Waals surface area contributed by atoms with Crippen molar-refractivity contribution in [2.24, 2.45) is 5.92 Å². The Kier molecular flexibility index (Phi) is 4.10. The number of carboxylic acids is 1. The first-order chi connectivity index (χ1) is 8.97. The lowest BCUT2D eigenvalue weighted by Gasteiger charge is -2.36. The summed E-state index contributed by atoms with van der Waals surface area (Å²) in [4.78, 5) is 13.2. The van der Waals surface area contributed by atoms with Crippen LogP contribution in [0.4, 0.5) is 0 Å². The van der Waals surface area contributed by atoms with Crippen LogP contribution in [0, 0.1) is 12.8 Å². The molecule has 0 amide bonds. The summed E-state index contributed by atoms with van der Waals surface area (Å²) < 4.78 is 0. The van der Waals surface area contributed by atoms with Crippen molar-refractivity contribution in [3.63, 3.8) is 0 Å². The lowest BCUT2D eigenvalue weighted by atomic mass is 9.91. The highest BCUT2D eigenvalue weighted by molar-refractivity contribution is 5.70. The molecule has 19 heavy (non-hydrogen) atoms. The molecule has 1 aromatic rings. The molecule has 104 valence electrons. The third kappa shape index (κ3) is 3.26. The molecule has 0 aromatic heterocycles. The fraction of sp³-hybridized carbons (Fsp3) is 0.533. The number of carboxylic acid groups (broad SMARTS) is 1. The molecule has 0 aliphatic carbocycles. The SMILES string of the molecule is Cc1ccc(O)c(CN2CCC(C(=O)O)CC2C)c1. The Morgan fingerprint density at radius 2 is 2.21 bits per heavy atom. The van der Waals surface area contributed by atoms with Crippen LogP contribution in [0.25, 0.3) is 0 Å². The predicted octanol–water partition coefficient (Wildman–Crippen LogP) is 2.39.